The molecule has 0 rings (SSSR count). The van der Waals surface area contributed by atoms with Crippen LogP contribution < -0.4 is 63.8 Å². The largest absolute Gasteiger partial charge is 1.00 e. The fourth-order valence-corrected chi connectivity index (χ4v) is 0. The maximum atomic E-state index is 9.44. The number of ketones is 1. The molecule has 1 nitrogen and oxygen atoms in total. The minimum Gasteiger partial charge on any atom is -1.00 e. The summed E-state index contributed by atoms with van der Waals surface area (Å²) in [6.45, 7) is 3.06. The SMILES string of the molecule is CC(C)=O.I.[Cl-].[K+]. The first-order valence-electron chi connectivity index (χ1n) is 1.20. The van der Waals surface area contributed by atoms with Crippen LogP contribution in [0, 0.1) is 0 Å². The molecular weight excluding hydrogens is 253 g/mol. The van der Waals surface area contributed by atoms with Crippen molar-refractivity contribution in [2.45, 2.75) is 13.8 Å². The van der Waals surface area contributed by atoms with Crippen molar-refractivity contribution in [2.75, 3.05) is 0 Å². The normalized spacial score (nSPS) is 3.71. The third-order valence-electron chi connectivity index (χ3n) is 0. The molecule has 0 aromatic rings. The average molecular weight is 261 g/mol. The minimum atomic E-state index is 0. The summed E-state index contributed by atoms with van der Waals surface area (Å²) in [7, 11) is 0. The minimum absolute atomic E-state index is 0. The van der Waals surface area contributed by atoms with Gasteiger partial charge < -0.3 is 17.2 Å². The Morgan fingerprint density at radius 3 is 1.29 bits per heavy atom. The molecule has 0 aliphatic heterocycles. The Bertz CT molecular complexity index is 37.9. The van der Waals surface area contributed by atoms with Crippen molar-refractivity contribution in [3.63, 3.8) is 0 Å². The zero-order chi connectivity index (χ0) is 3.58. The number of hydrogen-bond acceptors (Lipinski definition) is 1. The molecule has 4 heteroatoms. The zero-order valence-electron chi connectivity index (χ0n) is 4.69. The van der Waals surface area contributed by atoms with E-state index in [4.69, 9.17) is 0 Å². The summed E-state index contributed by atoms with van der Waals surface area (Å²) in [5.41, 5.74) is 0. The van der Waals surface area contributed by atoms with Crippen molar-refractivity contribution in [1.82, 2.24) is 0 Å². The standard InChI is InChI=1S/C3H6O.ClH.HI.K/c1-3(2)4;;;/h1-2H3;2*1H;/q;;;+1/p-1. The van der Waals surface area contributed by atoms with Crippen LogP contribution in [0.2, 0.25) is 0 Å². The van der Waals surface area contributed by atoms with E-state index in [0.717, 1.165) is 0 Å². The molecule has 0 heterocycles. The molecular formula is C3H7ClIKO. The van der Waals surface area contributed by atoms with Gasteiger partial charge in [0.05, 0.1) is 0 Å². The van der Waals surface area contributed by atoms with Gasteiger partial charge in [-0.3, -0.25) is 0 Å². The topological polar surface area (TPSA) is 17.1 Å². The maximum absolute atomic E-state index is 9.44. The quantitative estimate of drug-likeness (QED) is 0.316. The van der Waals surface area contributed by atoms with Crippen molar-refractivity contribution in [3.05, 3.63) is 0 Å². The summed E-state index contributed by atoms with van der Waals surface area (Å²) in [6, 6.07) is 0. The molecule has 0 N–H and O–H groups in total. The van der Waals surface area contributed by atoms with E-state index in [9.17, 15) is 4.79 Å². The molecule has 0 unspecified atom stereocenters. The molecule has 0 amide bonds. The Morgan fingerprint density at radius 2 is 1.29 bits per heavy atom. The smallest absolute Gasteiger partial charge is 1.00 e. The summed E-state index contributed by atoms with van der Waals surface area (Å²) in [6.07, 6.45) is 0. The van der Waals surface area contributed by atoms with Gasteiger partial charge in [0, 0.05) is 0 Å². The van der Waals surface area contributed by atoms with Crippen LogP contribution in [-0.2, 0) is 4.79 Å². The number of Topliss-reactive ketones (excluding diaryl/α,β-unsaturated/α-hetero) is 1. The Hall–Kier alpha value is 2.33. The van der Waals surface area contributed by atoms with Crippen LogP contribution in [0.25, 0.3) is 0 Å². The van der Waals surface area contributed by atoms with Crippen LogP contribution in [0.3, 0.4) is 0 Å². The molecule has 0 aliphatic rings. The van der Waals surface area contributed by atoms with Crippen LogP contribution in [0.4, 0.5) is 0 Å². The number of halogens is 2. The molecule has 0 saturated carbocycles. The molecule has 0 aromatic carbocycles. The molecule has 0 aromatic heterocycles. The van der Waals surface area contributed by atoms with Gasteiger partial charge in [-0.05, 0) is 13.8 Å². The summed E-state index contributed by atoms with van der Waals surface area (Å²) < 4.78 is 0. The molecule has 0 spiro atoms. The monoisotopic (exact) mass is 260 g/mol. The van der Waals surface area contributed by atoms with E-state index in [1.54, 1.807) is 0 Å². The van der Waals surface area contributed by atoms with E-state index >= 15 is 0 Å². The van der Waals surface area contributed by atoms with Crippen molar-refractivity contribution < 1.29 is 68.6 Å². The fraction of sp³-hybridized carbons (Fsp3) is 0.667. The summed E-state index contributed by atoms with van der Waals surface area (Å²) in [5, 5.41) is 0. The fourth-order valence-electron chi connectivity index (χ4n) is 0. The van der Waals surface area contributed by atoms with Gasteiger partial charge in [-0.2, -0.15) is 0 Å². The van der Waals surface area contributed by atoms with Crippen molar-refractivity contribution in [2.24, 2.45) is 0 Å². The summed E-state index contributed by atoms with van der Waals surface area (Å²) in [4.78, 5) is 9.44. The van der Waals surface area contributed by atoms with Crippen LogP contribution in [0.1, 0.15) is 13.8 Å². The van der Waals surface area contributed by atoms with Gasteiger partial charge in [0.25, 0.3) is 0 Å². The van der Waals surface area contributed by atoms with Gasteiger partial charge in [-0.15, -0.1) is 24.0 Å². The van der Waals surface area contributed by atoms with E-state index < -0.39 is 0 Å². The van der Waals surface area contributed by atoms with E-state index in [1.165, 1.54) is 13.8 Å². The van der Waals surface area contributed by atoms with E-state index in [-0.39, 0.29) is 93.6 Å². The predicted octanol–water partition coefficient (Wildman–Crippen LogP) is -4.78. The Labute approximate surface area is 110 Å². The van der Waals surface area contributed by atoms with E-state index in [0.29, 0.717) is 0 Å². The van der Waals surface area contributed by atoms with Crippen LogP contribution in [-0.4, -0.2) is 5.78 Å². The van der Waals surface area contributed by atoms with Gasteiger partial charge in [-0.1, -0.05) is 0 Å². The number of rotatable bonds is 0. The molecule has 7 heavy (non-hydrogen) atoms. The van der Waals surface area contributed by atoms with Crippen molar-refractivity contribution in [3.8, 4) is 0 Å². The van der Waals surface area contributed by atoms with Gasteiger partial charge in [0.15, 0.2) is 0 Å². The third kappa shape index (κ3) is 61.6. The predicted molar refractivity (Wildman–Crippen MR) is 31.8 cm³/mol. The number of hydrogen-bond donors (Lipinski definition) is 0. The second kappa shape index (κ2) is 15.8. The van der Waals surface area contributed by atoms with Crippen LogP contribution in [0.5, 0.6) is 0 Å². The first-order valence-corrected chi connectivity index (χ1v) is 1.20. The van der Waals surface area contributed by atoms with Crippen molar-refractivity contribution in [1.29, 1.82) is 0 Å². The first kappa shape index (κ1) is 22.8. The Morgan fingerprint density at radius 1 is 1.29 bits per heavy atom. The number of carbonyl (C=O) groups excluding carboxylic acids is 1. The van der Waals surface area contributed by atoms with Gasteiger partial charge >= 0.3 is 51.4 Å². The second-order valence-electron chi connectivity index (χ2n) is 0.908. The van der Waals surface area contributed by atoms with E-state index in [2.05, 4.69) is 0 Å². The second-order valence-corrected chi connectivity index (χ2v) is 0.908. The average Bonchev–Trinajstić information content (AvgIpc) is 0.811. The van der Waals surface area contributed by atoms with Crippen molar-refractivity contribution >= 4 is 29.8 Å². The van der Waals surface area contributed by atoms with Gasteiger partial charge in [0.2, 0.25) is 0 Å². The molecule has 40 valence electrons. The van der Waals surface area contributed by atoms with E-state index in [1.807, 2.05) is 0 Å². The summed E-state index contributed by atoms with van der Waals surface area (Å²) >= 11 is 0. The van der Waals surface area contributed by atoms with Gasteiger partial charge in [-0.25, -0.2) is 0 Å². The van der Waals surface area contributed by atoms with Crippen LogP contribution >= 0.6 is 24.0 Å². The molecule has 0 radical (unpaired) electrons. The zero-order valence-corrected chi connectivity index (χ0v) is 10.9. The molecule has 0 bridgehead atoms. The molecule has 0 atom stereocenters. The first-order chi connectivity index (χ1) is 1.73. The number of carbonyl (C=O) groups is 1. The van der Waals surface area contributed by atoms with Crippen LogP contribution in [0.15, 0.2) is 0 Å². The molecule has 0 saturated heterocycles. The molecule has 0 aliphatic carbocycles. The summed E-state index contributed by atoms with van der Waals surface area (Å²) in [5.74, 6) is 0.167. The molecule has 0 fully saturated rings. The Kier molecular flexibility index (Phi) is 51.3. The maximum Gasteiger partial charge on any atom is 1.00 e. The third-order valence-corrected chi connectivity index (χ3v) is 0. The Balaban J connectivity index is -0.0000000150. The van der Waals surface area contributed by atoms with Gasteiger partial charge in [0.1, 0.15) is 5.78 Å².